The van der Waals surface area contributed by atoms with Crippen LogP contribution < -0.4 is 5.73 Å². The number of piperidine rings is 1. The van der Waals surface area contributed by atoms with Gasteiger partial charge in [0, 0.05) is 20.2 Å². The van der Waals surface area contributed by atoms with Crippen molar-refractivity contribution in [2.75, 3.05) is 26.7 Å². The van der Waals surface area contributed by atoms with Gasteiger partial charge in [0.1, 0.15) is 5.54 Å². The Morgan fingerprint density at radius 3 is 2.72 bits per heavy atom. The Balaban J connectivity index is 1.74. The second-order valence-electron chi connectivity index (χ2n) is 5.81. The molecule has 4 nitrogen and oxygen atoms in total. The highest BCUT2D eigenvalue weighted by Crippen LogP contribution is 2.35. The highest BCUT2D eigenvalue weighted by molar-refractivity contribution is 5.11. The lowest BCUT2D eigenvalue weighted by atomic mass is 9.87. The zero-order valence-electron chi connectivity index (χ0n) is 11.4. The number of nitrogens with zero attached hydrogens (tertiary/aromatic N) is 2. The summed E-state index contributed by atoms with van der Waals surface area (Å²) < 4.78 is 5.38. The monoisotopic (exact) mass is 251 g/mol. The summed E-state index contributed by atoms with van der Waals surface area (Å²) in [5.74, 6) is 0.391. The standard InChI is InChI=1S/C14H25N3O/c1-18-13-5-9-17(10-6-13)8-4-12-3-2-7-14(12,16)11-15/h12-13H,2-10,16H2,1H3. The van der Waals surface area contributed by atoms with Crippen LogP contribution in [-0.4, -0.2) is 43.3 Å². The van der Waals surface area contributed by atoms with E-state index in [0.717, 1.165) is 58.2 Å². The van der Waals surface area contributed by atoms with Crippen molar-refractivity contribution in [1.82, 2.24) is 4.90 Å². The van der Waals surface area contributed by atoms with Crippen LogP contribution in [0.4, 0.5) is 0 Å². The van der Waals surface area contributed by atoms with Crippen molar-refractivity contribution >= 4 is 0 Å². The van der Waals surface area contributed by atoms with Crippen molar-refractivity contribution in [3.05, 3.63) is 0 Å². The maximum Gasteiger partial charge on any atom is 0.107 e. The van der Waals surface area contributed by atoms with E-state index in [1.165, 1.54) is 0 Å². The van der Waals surface area contributed by atoms with Crippen LogP contribution in [0, 0.1) is 17.2 Å². The first kappa shape index (κ1) is 13.8. The van der Waals surface area contributed by atoms with Gasteiger partial charge in [0.15, 0.2) is 0 Å². The second-order valence-corrected chi connectivity index (χ2v) is 5.81. The van der Waals surface area contributed by atoms with Gasteiger partial charge in [0.2, 0.25) is 0 Å². The van der Waals surface area contributed by atoms with Crippen molar-refractivity contribution in [1.29, 1.82) is 5.26 Å². The number of hydrogen-bond donors (Lipinski definition) is 1. The number of likely N-dealkylation sites (tertiary alicyclic amines) is 1. The lowest BCUT2D eigenvalue weighted by Crippen LogP contribution is -2.44. The Morgan fingerprint density at radius 2 is 2.11 bits per heavy atom. The molecular weight excluding hydrogens is 226 g/mol. The van der Waals surface area contributed by atoms with E-state index in [2.05, 4.69) is 11.0 Å². The van der Waals surface area contributed by atoms with Crippen molar-refractivity contribution in [2.24, 2.45) is 11.7 Å². The van der Waals surface area contributed by atoms with Crippen LogP contribution in [0.5, 0.6) is 0 Å². The van der Waals surface area contributed by atoms with Gasteiger partial charge in [-0.15, -0.1) is 0 Å². The molecule has 0 spiro atoms. The van der Waals surface area contributed by atoms with Crippen molar-refractivity contribution in [3.63, 3.8) is 0 Å². The SMILES string of the molecule is COC1CCN(CCC2CCCC2(N)C#N)CC1. The van der Waals surface area contributed by atoms with E-state index in [-0.39, 0.29) is 0 Å². The Morgan fingerprint density at radius 1 is 1.39 bits per heavy atom. The van der Waals surface area contributed by atoms with Crippen LogP contribution in [0.25, 0.3) is 0 Å². The van der Waals surface area contributed by atoms with E-state index in [1.54, 1.807) is 7.11 Å². The third-order valence-corrected chi connectivity index (χ3v) is 4.74. The first-order chi connectivity index (χ1) is 8.68. The molecular formula is C14H25N3O. The average molecular weight is 251 g/mol. The molecule has 102 valence electrons. The van der Waals surface area contributed by atoms with Gasteiger partial charge in [-0.3, -0.25) is 0 Å². The third kappa shape index (κ3) is 3.03. The number of methoxy groups -OCH3 is 1. The first-order valence-corrected chi connectivity index (χ1v) is 7.13. The minimum atomic E-state index is -0.551. The lowest BCUT2D eigenvalue weighted by Gasteiger charge is -2.33. The van der Waals surface area contributed by atoms with E-state index >= 15 is 0 Å². The summed E-state index contributed by atoms with van der Waals surface area (Å²) in [6, 6.07) is 2.33. The molecule has 0 amide bonds. The number of rotatable bonds is 4. The van der Waals surface area contributed by atoms with Gasteiger partial charge in [-0.2, -0.15) is 5.26 Å². The minimum Gasteiger partial charge on any atom is -0.381 e. The maximum atomic E-state index is 9.19. The largest absolute Gasteiger partial charge is 0.381 e. The van der Waals surface area contributed by atoms with Gasteiger partial charge < -0.3 is 15.4 Å². The molecule has 0 aromatic carbocycles. The fraction of sp³-hybridized carbons (Fsp3) is 0.929. The van der Waals surface area contributed by atoms with E-state index in [0.29, 0.717) is 12.0 Å². The van der Waals surface area contributed by atoms with E-state index in [9.17, 15) is 5.26 Å². The molecule has 0 bridgehead atoms. The van der Waals surface area contributed by atoms with Crippen LogP contribution in [0.2, 0.25) is 0 Å². The molecule has 2 aliphatic rings. The van der Waals surface area contributed by atoms with Crippen molar-refractivity contribution < 1.29 is 4.74 Å². The number of ether oxygens (including phenoxy) is 1. The molecule has 18 heavy (non-hydrogen) atoms. The predicted molar refractivity (Wildman–Crippen MR) is 71.0 cm³/mol. The predicted octanol–water partition coefficient (Wildman–Crippen LogP) is 1.51. The quantitative estimate of drug-likeness (QED) is 0.822. The molecule has 2 unspecified atom stereocenters. The molecule has 1 saturated heterocycles. The molecule has 0 radical (unpaired) electrons. The number of hydrogen-bond acceptors (Lipinski definition) is 4. The maximum absolute atomic E-state index is 9.19. The summed E-state index contributed by atoms with van der Waals surface area (Å²) in [4.78, 5) is 2.49. The Labute approximate surface area is 110 Å². The molecule has 1 saturated carbocycles. The molecule has 4 heteroatoms. The van der Waals surface area contributed by atoms with Crippen LogP contribution in [0.1, 0.15) is 38.5 Å². The molecule has 2 rings (SSSR count). The summed E-state index contributed by atoms with van der Waals surface area (Å²) in [7, 11) is 1.80. The van der Waals surface area contributed by atoms with Gasteiger partial charge in [-0.25, -0.2) is 0 Å². The molecule has 0 aromatic rings. The first-order valence-electron chi connectivity index (χ1n) is 7.13. The Hall–Kier alpha value is -0.630. The molecule has 1 aliphatic carbocycles. The number of nitriles is 1. The van der Waals surface area contributed by atoms with Crippen molar-refractivity contribution in [3.8, 4) is 6.07 Å². The van der Waals surface area contributed by atoms with Gasteiger partial charge in [0.05, 0.1) is 12.2 Å². The zero-order chi connectivity index (χ0) is 13.0. The van der Waals surface area contributed by atoms with Crippen LogP contribution in [-0.2, 0) is 4.74 Å². The summed E-state index contributed by atoms with van der Waals surface area (Å²) >= 11 is 0. The van der Waals surface area contributed by atoms with Crippen LogP contribution in [0.15, 0.2) is 0 Å². The molecule has 2 N–H and O–H groups in total. The van der Waals surface area contributed by atoms with Crippen molar-refractivity contribution in [2.45, 2.75) is 50.2 Å². The summed E-state index contributed by atoms with van der Waals surface area (Å²) in [6.07, 6.45) is 6.89. The number of nitrogens with two attached hydrogens (primary N) is 1. The van der Waals surface area contributed by atoms with Crippen LogP contribution in [0.3, 0.4) is 0 Å². The van der Waals surface area contributed by atoms with Gasteiger partial charge >= 0.3 is 0 Å². The highest BCUT2D eigenvalue weighted by atomic mass is 16.5. The smallest absolute Gasteiger partial charge is 0.107 e. The zero-order valence-corrected chi connectivity index (χ0v) is 11.4. The van der Waals surface area contributed by atoms with E-state index in [1.807, 2.05) is 0 Å². The van der Waals surface area contributed by atoms with Gasteiger partial charge in [-0.1, -0.05) is 6.42 Å². The molecule has 0 aromatic heterocycles. The van der Waals surface area contributed by atoms with E-state index < -0.39 is 5.54 Å². The molecule has 2 atom stereocenters. The highest BCUT2D eigenvalue weighted by Gasteiger charge is 2.39. The van der Waals surface area contributed by atoms with Gasteiger partial charge in [-0.05, 0) is 44.6 Å². The fourth-order valence-electron chi connectivity index (χ4n) is 3.36. The molecule has 1 heterocycles. The lowest BCUT2D eigenvalue weighted by molar-refractivity contribution is 0.0391. The fourth-order valence-corrected chi connectivity index (χ4v) is 3.36. The van der Waals surface area contributed by atoms with Crippen LogP contribution >= 0.6 is 0 Å². The average Bonchev–Trinajstić information content (AvgIpc) is 2.79. The molecule has 1 aliphatic heterocycles. The summed E-state index contributed by atoms with van der Waals surface area (Å²) in [5, 5.41) is 9.19. The summed E-state index contributed by atoms with van der Waals surface area (Å²) in [5.41, 5.74) is 5.61. The third-order valence-electron chi connectivity index (χ3n) is 4.74. The minimum absolute atomic E-state index is 0.391. The topological polar surface area (TPSA) is 62.3 Å². The second kappa shape index (κ2) is 6.01. The summed E-state index contributed by atoms with van der Waals surface area (Å²) in [6.45, 7) is 3.33. The normalized spacial score (nSPS) is 34.6. The Kier molecular flexibility index (Phi) is 4.60. The Bertz CT molecular complexity index is 307. The van der Waals surface area contributed by atoms with Gasteiger partial charge in [0.25, 0.3) is 0 Å². The van der Waals surface area contributed by atoms with E-state index in [4.69, 9.17) is 10.5 Å². The molecule has 2 fully saturated rings.